The third-order valence-electron chi connectivity index (χ3n) is 4.38. The number of nitrogens with zero attached hydrogens (tertiary/aromatic N) is 2. The van der Waals surface area contributed by atoms with Crippen LogP contribution in [-0.4, -0.2) is 34.0 Å². The average Bonchev–Trinajstić information content (AvgIpc) is 2.46. The third kappa shape index (κ3) is 3.21. The minimum atomic E-state index is -0.761. The van der Waals surface area contributed by atoms with Crippen LogP contribution in [0.4, 0.5) is 5.69 Å². The molecule has 0 radical (unpaired) electrons. The molecule has 114 valence electrons. The SMILES string of the molecule is CC(c1ccc([N+](=O)[O-])cc1)N1CCCC(C)(C(=O)O)C1. The summed E-state index contributed by atoms with van der Waals surface area (Å²) < 4.78 is 0. The molecule has 0 amide bonds. The molecule has 1 N–H and O–H groups in total. The highest BCUT2D eigenvalue weighted by Crippen LogP contribution is 2.34. The topological polar surface area (TPSA) is 83.7 Å². The van der Waals surface area contributed by atoms with Crippen LogP contribution in [0.3, 0.4) is 0 Å². The maximum absolute atomic E-state index is 11.4. The Kier molecular flexibility index (Phi) is 4.27. The molecular formula is C15H20N2O4. The fourth-order valence-electron chi connectivity index (χ4n) is 2.87. The highest BCUT2D eigenvalue weighted by molar-refractivity contribution is 5.74. The van der Waals surface area contributed by atoms with Crippen LogP contribution in [-0.2, 0) is 4.79 Å². The van der Waals surface area contributed by atoms with Crippen LogP contribution in [0.2, 0.25) is 0 Å². The first-order valence-corrected chi connectivity index (χ1v) is 7.05. The van der Waals surface area contributed by atoms with Gasteiger partial charge in [0.15, 0.2) is 0 Å². The number of non-ortho nitro benzene ring substituents is 1. The van der Waals surface area contributed by atoms with Crippen molar-refractivity contribution in [3.63, 3.8) is 0 Å². The van der Waals surface area contributed by atoms with E-state index in [4.69, 9.17) is 0 Å². The molecule has 6 nitrogen and oxygen atoms in total. The van der Waals surface area contributed by atoms with Crippen molar-refractivity contribution in [2.24, 2.45) is 5.41 Å². The van der Waals surface area contributed by atoms with Crippen molar-refractivity contribution in [1.29, 1.82) is 0 Å². The number of nitro benzene ring substituents is 1. The van der Waals surface area contributed by atoms with E-state index in [0.717, 1.165) is 18.5 Å². The van der Waals surface area contributed by atoms with Gasteiger partial charge in [0.25, 0.3) is 5.69 Å². The summed E-state index contributed by atoms with van der Waals surface area (Å²) in [6.45, 7) is 5.14. The van der Waals surface area contributed by atoms with Gasteiger partial charge in [-0.2, -0.15) is 0 Å². The van der Waals surface area contributed by atoms with Crippen molar-refractivity contribution in [3.8, 4) is 0 Å². The zero-order valence-corrected chi connectivity index (χ0v) is 12.3. The summed E-state index contributed by atoms with van der Waals surface area (Å²) >= 11 is 0. The van der Waals surface area contributed by atoms with Gasteiger partial charge < -0.3 is 5.11 Å². The lowest BCUT2D eigenvalue weighted by atomic mass is 9.81. The lowest BCUT2D eigenvalue weighted by Gasteiger charge is -2.40. The fourth-order valence-corrected chi connectivity index (χ4v) is 2.87. The van der Waals surface area contributed by atoms with Crippen molar-refractivity contribution in [2.75, 3.05) is 13.1 Å². The van der Waals surface area contributed by atoms with E-state index in [1.54, 1.807) is 19.1 Å². The summed E-state index contributed by atoms with van der Waals surface area (Å²) in [5.74, 6) is -0.761. The van der Waals surface area contributed by atoms with Gasteiger partial charge in [0.2, 0.25) is 0 Å². The van der Waals surface area contributed by atoms with Crippen molar-refractivity contribution >= 4 is 11.7 Å². The van der Waals surface area contributed by atoms with Gasteiger partial charge in [-0.25, -0.2) is 0 Å². The van der Waals surface area contributed by atoms with Crippen molar-refractivity contribution in [2.45, 2.75) is 32.7 Å². The first-order chi connectivity index (χ1) is 9.83. The van der Waals surface area contributed by atoms with E-state index in [2.05, 4.69) is 4.90 Å². The largest absolute Gasteiger partial charge is 0.481 e. The zero-order valence-electron chi connectivity index (χ0n) is 12.3. The van der Waals surface area contributed by atoms with Crippen molar-refractivity contribution in [3.05, 3.63) is 39.9 Å². The summed E-state index contributed by atoms with van der Waals surface area (Å²) in [5, 5.41) is 20.0. The summed E-state index contributed by atoms with van der Waals surface area (Å²) in [5.41, 5.74) is 0.322. The number of hydrogen-bond acceptors (Lipinski definition) is 4. The Morgan fingerprint density at radius 2 is 2.05 bits per heavy atom. The lowest BCUT2D eigenvalue weighted by Crippen LogP contribution is -2.46. The Balaban J connectivity index is 2.13. The van der Waals surface area contributed by atoms with Crippen LogP contribution in [0, 0.1) is 15.5 Å². The van der Waals surface area contributed by atoms with Gasteiger partial charge in [-0.15, -0.1) is 0 Å². The van der Waals surface area contributed by atoms with E-state index < -0.39 is 16.3 Å². The number of hydrogen-bond donors (Lipinski definition) is 1. The van der Waals surface area contributed by atoms with Gasteiger partial charge in [-0.1, -0.05) is 12.1 Å². The monoisotopic (exact) mass is 292 g/mol. The molecule has 1 aromatic carbocycles. The van der Waals surface area contributed by atoms with E-state index in [1.165, 1.54) is 12.1 Å². The van der Waals surface area contributed by atoms with Gasteiger partial charge in [-0.3, -0.25) is 19.8 Å². The molecule has 1 fully saturated rings. The molecule has 0 aromatic heterocycles. The molecule has 2 unspecified atom stereocenters. The van der Waals surface area contributed by atoms with E-state index in [-0.39, 0.29) is 11.7 Å². The summed E-state index contributed by atoms with van der Waals surface area (Å²) in [6, 6.07) is 6.52. The maximum Gasteiger partial charge on any atom is 0.310 e. The predicted molar refractivity (Wildman–Crippen MR) is 78.1 cm³/mol. The van der Waals surface area contributed by atoms with E-state index in [1.807, 2.05) is 6.92 Å². The Morgan fingerprint density at radius 3 is 2.57 bits per heavy atom. The number of likely N-dealkylation sites (tertiary alicyclic amines) is 1. The van der Waals surface area contributed by atoms with E-state index >= 15 is 0 Å². The van der Waals surface area contributed by atoms with Crippen molar-refractivity contribution in [1.82, 2.24) is 4.90 Å². The van der Waals surface area contributed by atoms with E-state index in [9.17, 15) is 20.0 Å². The highest BCUT2D eigenvalue weighted by Gasteiger charge is 2.39. The Hall–Kier alpha value is -1.95. The minimum absolute atomic E-state index is 0.0461. The minimum Gasteiger partial charge on any atom is -0.481 e. The van der Waals surface area contributed by atoms with Crippen LogP contribution in [0.1, 0.15) is 38.3 Å². The first kappa shape index (κ1) is 15.4. The molecular weight excluding hydrogens is 272 g/mol. The third-order valence-corrected chi connectivity index (χ3v) is 4.38. The molecule has 0 aliphatic carbocycles. The molecule has 21 heavy (non-hydrogen) atoms. The summed E-state index contributed by atoms with van der Waals surface area (Å²) in [4.78, 5) is 23.8. The molecule has 2 rings (SSSR count). The number of carbonyl (C=O) groups is 1. The quantitative estimate of drug-likeness (QED) is 0.681. The Bertz CT molecular complexity index is 543. The molecule has 1 aliphatic rings. The van der Waals surface area contributed by atoms with Crippen LogP contribution in [0.5, 0.6) is 0 Å². The number of benzene rings is 1. The van der Waals surface area contributed by atoms with Gasteiger partial charge in [0.05, 0.1) is 10.3 Å². The number of piperidine rings is 1. The highest BCUT2D eigenvalue weighted by atomic mass is 16.6. The van der Waals surface area contributed by atoms with Gasteiger partial charge in [0, 0.05) is 24.7 Å². The first-order valence-electron chi connectivity index (χ1n) is 7.05. The molecule has 0 bridgehead atoms. The Labute approximate surface area is 123 Å². The normalized spacial score (nSPS) is 24.5. The molecule has 1 heterocycles. The van der Waals surface area contributed by atoms with Crippen LogP contribution in [0.15, 0.2) is 24.3 Å². The number of carboxylic acids is 1. The second-order valence-corrected chi connectivity index (χ2v) is 5.96. The summed E-state index contributed by atoms with van der Waals surface area (Å²) in [7, 11) is 0. The number of nitro groups is 1. The molecule has 0 spiro atoms. The van der Waals surface area contributed by atoms with Crippen LogP contribution in [0.25, 0.3) is 0 Å². The predicted octanol–water partition coefficient (Wildman–Crippen LogP) is 2.84. The zero-order chi connectivity index (χ0) is 15.6. The molecule has 1 aliphatic heterocycles. The van der Waals surface area contributed by atoms with Crippen LogP contribution < -0.4 is 0 Å². The van der Waals surface area contributed by atoms with E-state index in [0.29, 0.717) is 13.0 Å². The van der Waals surface area contributed by atoms with Gasteiger partial charge in [-0.05, 0) is 38.8 Å². The molecule has 1 aromatic rings. The molecule has 2 atom stereocenters. The number of rotatable bonds is 4. The number of aliphatic carboxylic acids is 1. The van der Waals surface area contributed by atoms with Gasteiger partial charge >= 0.3 is 5.97 Å². The summed E-state index contributed by atoms with van der Waals surface area (Å²) in [6.07, 6.45) is 1.53. The average molecular weight is 292 g/mol. The maximum atomic E-state index is 11.4. The second kappa shape index (κ2) is 5.81. The Morgan fingerprint density at radius 1 is 1.43 bits per heavy atom. The van der Waals surface area contributed by atoms with Crippen LogP contribution >= 0.6 is 0 Å². The second-order valence-electron chi connectivity index (χ2n) is 5.96. The standard InChI is InChI=1S/C15H20N2O4/c1-11(12-4-6-13(7-5-12)17(20)21)16-9-3-8-15(2,10-16)14(18)19/h4-7,11H,3,8-10H2,1-2H3,(H,18,19). The molecule has 0 saturated carbocycles. The van der Waals surface area contributed by atoms with Crippen molar-refractivity contribution < 1.29 is 14.8 Å². The molecule has 6 heteroatoms. The lowest BCUT2D eigenvalue weighted by molar-refractivity contribution is -0.384. The molecule has 1 saturated heterocycles. The number of carboxylic acid groups (broad SMARTS) is 1. The fraction of sp³-hybridized carbons (Fsp3) is 0.533. The van der Waals surface area contributed by atoms with Gasteiger partial charge in [0.1, 0.15) is 0 Å². The smallest absolute Gasteiger partial charge is 0.310 e.